The summed E-state index contributed by atoms with van der Waals surface area (Å²) < 4.78 is 0. The summed E-state index contributed by atoms with van der Waals surface area (Å²) in [5.41, 5.74) is 0. The molecule has 0 rings (SSSR count). The lowest BCUT2D eigenvalue weighted by Crippen LogP contribution is -1.83. The Morgan fingerprint density at radius 3 is 2.20 bits per heavy atom. The fraction of sp³-hybridized carbons (Fsp3) is 0.750. The molecule has 0 aromatic rings. The van der Waals surface area contributed by atoms with Crippen LogP contribution in [0.25, 0.3) is 0 Å². The molecule has 0 unspecified atom stereocenters. The number of alkyl halides is 1. The summed E-state index contributed by atoms with van der Waals surface area (Å²) in [4.78, 5) is 0. The highest BCUT2D eigenvalue weighted by atomic mass is 35.5. The molecule has 31 valence electrons. The first kappa shape index (κ1) is 5.29. The van der Waals surface area contributed by atoms with Crippen molar-refractivity contribution in [1.82, 2.24) is 0 Å². The molecule has 0 bridgehead atoms. The first-order chi connectivity index (χ1) is 2.27. The zero-order chi connectivity index (χ0) is 4.28. The molecule has 0 aromatic heterocycles. The third-order valence-corrected chi connectivity index (χ3v) is 0.790. The Labute approximate surface area is 38.1 Å². The minimum absolute atomic E-state index is 0.400. The van der Waals surface area contributed by atoms with E-state index in [2.05, 4.69) is 6.92 Å². The number of hydrogen-bond donors (Lipinski definition) is 0. The van der Waals surface area contributed by atoms with E-state index in [1.807, 2.05) is 6.92 Å². The van der Waals surface area contributed by atoms with Crippen molar-refractivity contribution in [2.24, 2.45) is 5.92 Å². The topological polar surface area (TPSA) is 0 Å². The fourth-order valence-corrected chi connectivity index (χ4v) is 0. The number of hydrogen-bond acceptors (Lipinski definition) is 0. The second-order valence-corrected chi connectivity index (χ2v) is 1.57. The lowest BCUT2D eigenvalue weighted by molar-refractivity contribution is 0.837. The minimum Gasteiger partial charge on any atom is -0.126 e. The van der Waals surface area contributed by atoms with E-state index in [1.165, 1.54) is 0 Å². The van der Waals surface area contributed by atoms with Gasteiger partial charge in [0.15, 0.2) is 0 Å². The summed E-state index contributed by atoms with van der Waals surface area (Å²) in [6.07, 6.45) is 0. The molecule has 0 nitrogen and oxygen atoms in total. The van der Waals surface area contributed by atoms with Gasteiger partial charge < -0.3 is 0 Å². The molecule has 5 heavy (non-hydrogen) atoms. The smallest absolute Gasteiger partial charge is 0.0249 e. The van der Waals surface area contributed by atoms with E-state index in [4.69, 9.17) is 11.6 Å². The van der Waals surface area contributed by atoms with Crippen molar-refractivity contribution in [3.63, 3.8) is 0 Å². The molecule has 0 saturated carbocycles. The molecular weight excluding hydrogens is 83.5 g/mol. The van der Waals surface area contributed by atoms with Crippen LogP contribution in [0.15, 0.2) is 0 Å². The SMILES string of the molecule is [CH2][C@H](C)CCl. The third-order valence-electron chi connectivity index (χ3n) is 0.263. The van der Waals surface area contributed by atoms with Crippen molar-refractivity contribution in [2.75, 3.05) is 5.88 Å². The maximum atomic E-state index is 5.27. The Balaban J connectivity index is 2.54. The Kier molecular flexibility index (Phi) is 2.67. The largest absolute Gasteiger partial charge is 0.126 e. The van der Waals surface area contributed by atoms with Crippen LogP contribution in [-0.4, -0.2) is 5.88 Å². The normalized spacial score (nSPS) is 9.60. The molecule has 1 radical (unpaired) electrons. The van der Waals surface area contributed by atoms with E-state index in [0.717, 1.165) is 0 Å². The van der Waals surface area contributed by atoms with E-state index in [0.29, 0.717) is 11.8 Å². The lowest BCUT2D eigenvalue weighted by atomic mass is 10.3. The van der Waals surface area contributed by atoms with Crippen molar-refractivity contribution in [3.05, 3.63) is 6.92 Å². The van der Waals surface area contributed by atoms with Gasteiger partial charge in [0.2, 0.25) is 0 Å². The Bertz CT molecular complexity index is 17.6. The van der Waals surface area contributed by atoms with Gasteiger partial charge in [0.1, 0.15) is 0 Å². The van der Waals surface area contributed by atoms with E-state index in [-0.39, 0.29) is 0 Å². The van der Waals surface area contributed by atoms with Crippen LogP contribution < -0.4 is 0 Å². The maximum absolute atomic E-state index is 5.27. The summed E-state index contributed by atoms with van der Waals surface area (Å²) >= 11 is 5.27. The molecule has 1 heteroatoms. The van der Waals surface area contributed by atoms with Crippen LogP contribution in [-0.2, 0) is 0 Å². The van der Waals surface area contributed by atoms with Gasteiger partial charge in [0.05, 0.1) is 0 Å². The average molecular weight is 91.6 g/mol. The zero-order valence-electron chi connectivity index (χ0n) is 3.37. The summed E-state index contributed by atoms with van der Waals surface area (Å²) in [5, 5.41) is 0. The molecule has 0 aliphatic heterocycles. The number of halogens is 1. The van der Waals surface area contributed by atoms with Gasteiger partial charge in [-0.05, 0) is 12.8 Å². The molecule has 0 aromatic carbocycles. The van der Waals surface area contributed by atoms with Crippen molar-refractivity contribution in [1.29, 1.82) is 0 Å². The van der Waals surface area contributed by atoms with Gasteiger partial charge in [-0.25, -0.2) is 0 Å². The minimum atomic E-state index is 0.400. The van der Waals surface area contributed by atoms with Crippen LogP contribution in [0.5, 0.6) is 0 Å². The average Bonchev–Trinajstić information content (AvgIpc) is 1.38. The van der Waals surface area contributed by atoms with E-state index in [1.54, 1.807) is 0 Å². The maximum Gasteiger partial charge on any atom is 0.0249 e. The van der Waals surface area contributed by atoms with Gasteiger partial charge in [0, 0.05) is 5.88 Å². The second kappa shape index (κ2) is 2.52. The third kappa shape index (κ3) is 4.29. The molecule has 0 aliphatic rings. The Morgan fingerprint density at radius 2 is 2.20 bits per heavy atom. The molecule has 1 atom stereocenters. The molecule has 0 saturated heterocycles. The summed E-state index contributed by atoms with van der Waals surface area (Å²) in [6, 6.07) is 0. The zero-order valence-corrected chi connectivity index (χ0v) is 4.13. The van der Waals surface area contributed by atoms with Crippen LogP contribution in [0.4, 0.5) is 0 Å². The van der Waals surface area contributed by atoms with Crippen LogP contribution in [0.1, 0.15) is 6.92 Å². The van der Waals surface area contributed by atoms with Gasteiger partial charge in [-0.1, -0.05) is 6.92 Å². The molecule has 0 fully saturated rings. The predicted octanol–water partition coefficient (Wildman–Crippen LogP) is 1.70. The highest BCUT2D eigenvalue weighted by Crippen LogP contribution is 1.90. The van der Waals surface area contributed by atoms with E-state index >= 15 is 0 Å². The van der Waals surface area contributed by atoms with Crippen molar-refractivity contribution >= 4 is 11.6 Å². The molecule has 0 aliphatic carbocycles. The quantitative estimate of drug-likeness (QED) is 0.431. The lowest BCUT2D eigenvalue weighted by Gasteiger charge is -1.88. The van der Waals surface area contributed by atoms with Crippen molar-refractivity contribution < 1.29 is 0 Å². The highest BCUT2D eigenvalue weighted by Gasteiger charge is 1.82. The van der Waals surface area contributed by atoms with E-state index < -0.39 is 0 Å². The van der Waals surface area contributed by atoms with Gasteiger partial charge in [-0.2, -0.15) is 0 Å². The van der Waals surface area contributed by atoms with Gasteiger partial charge in [-0.15, -0.1) is 11.6 Å². The van der Waals surface area contributed by atoms with Gasteiger partial charge in [-0.3, -0.25) is 0 Å². The van der Waals surface area contributed by atoms with Gasteiger partial charge in [0.25, 0.3) is 0 Å². The Morgan fingerprint density at radius 1 is 2.00 bits per heavy atom. The van der Waals surface area contributed by atoms with Gasteiger partial charge >= 0.3 is 0 Å². The molecule has 0 N–H and O–H groups in total. The van der Waals surface area contributed by atoms with Crippen LogP contribution >= 0.6 is 11.6 Å². The van der Waals surface area contributed by atoms with Crippen molar-refractivity contribution in [2.45, 2.75) is 6.92 Å². The summed E-state index contributed by atoms with van der Waals surface area (Å²) in [6.45, 7) is 5.60. The first-order valence-corrected chi connectivity index (χ1v) is 2.20. The highest BCUT2D eigenvalue weighted by molar-refractivity contribution is 6.18. The monoisotopic (exact) mass is 91.0 g/mol. The van der Waals surface area contributed by atoms with Crippen LogP contribution in [0, 0.1) is 12.8 Å². The van der Waals surface area contributed by atoms with Crippen LogP contribution in [0.2, 0.25) is 0 Å². The molecule has 0 amide bonds. The summed E-state index contributed by atoms with van der Waals surface area (Å²) in [7, 11) is 0. The molecule has 0 heterocycles. The Hall–Kier alpha value is 0.290. The van der Waals surface area contributed by atoms with Crippen molar-refractivity contribution in [3.8, 4) is 0 Å². The number of rotatable bonds is 1. The fourth-order valence-electron chi connectivity index (χ4n) is 0. The predicted molar refractivity (Wildman–Crippen MR) is 25.2 cm³/mol. The van der Waals surface area contributed by atoms with Crippen LogP contribution in [0.3, 0.4) is 0 Å². The second-order valence-electron chi connectivity index (χ2n) is 1.26. The summed E-state index contributed by atoms with van der Waals surface area (Å²) in [5.74, 6) is 1.07. The standard InChI is InChI=1S/C4H8Cl/c1-4(2)3-5/h4H,1,3H2,2H3/t4-/m1/s1. The molecule has 0 spiro atoms. The van der Waals surface area contributed by atoms with E-state index in [9.17, 15) is 0 Å². The molecular formula is C4H8Cl. The first-order valence-electron chi connectivity index (χ1n) is 1.66.